The summed E-state index contributed by atoms with van der Waals surface area (Å²) in [5.41, 5.74) is 19.3. The zero-order chi connectivity index (χ0) is 57.4. The number of likely N-dealkylation sites (tertiary alicyclic amines) is 1. The van der Waals surface area contributed by atoms with Gasteiger partial charge in [-0.15, -0.1) is 22.7 Å². The summed E-state index contributed by atoms with van der Waals surface area (Å²) in [6.45, 7) is 6.82. The molecule has 2 aliphatic heterocycles. The van der Waals surface area contributed by atoms with Crippen molar-refractivity contribution in [2.45, 2.75) is 90.9 Å². The topological polar surface area (TPSA) is 325 Å². The molecule has 0 radical (unpaired) electrons. The molecular formula is C53H53F2N17O7S3. The molecule has 12 heterocycles. The number of hydrogen-bond donors (Lipinski definition) is 4. The molecule has 0 spiro atoms. The second kappa shape index (κ2) is 24.1. The summed E-state index contributed by atoms with van der Waals surface area (Å²) in [6.07, 6.45) is 3.53. The van der Waals surface area contributed by atoms with Gasteiger partial charge in [0.1, 0.15) is 44.8 Å². The molecule has 29 heteroatoms. The Morgan fingerprint density at radius 1 is 0.671 bits per heavy atom. The first kappa shape index (κ1) is 57.9. The van der Waals surface area contributed by atoms with Crippen molar-refractivity contribution >= 4 is 103 Å². The van der Waals surface area contributed by atoms with E-state index in [-0.39, 0.29) is 81.4 Å². The van der Waals surface area contributed by atoms with Crippen molar-refractivity contribution in [1.82, 2.24) is 73.9 Å². The predicted octanol–water partition coefficient (Wildman–Crippen LogP) is 4.68. The van der Waals surface area contributed by atoms with Crippen LogP contribution in [0.1, 0.15) is 68.0 Å². The molecule has 3 amide bonds. The highest BCUT2D eigenvalue weighted by atomic mass is 32.1. The van der Waals surface area contributed by atoms with Crippen LogP contribution in [-0.4, -0.2) is 146 Å². The Bertz CT molecular complexity index is 4110. The van der Waals surface area contributed by atoms with Gasteiger partial charge < -0.3 is 26.8 Å². The number of carboxylic acid groups (broad SMARTS) is 1. The maximum Gasteiger partial charge on any atom is 0.325 e. The van der Waals surface area contributed by atoms with Crippen LogP contribution < -0.4 is 16.8 Å². The Morgan fingerprint density at radius 3 is 1.83 bits per heavy atom. The average Bonchev–Trinajstić information content (AvgIpc) is 3.15. The van der Waals surface area contributed by atoms with Crippen LogP contribution in [0, 0.1) is 27.7 Å². The van der Waals surface area contributed by atoms with E-state index in [1.165, 1.54) is 32.3 Å². The SMILES string of the molecule is Cc1cc2ncc(-c3nc4c(s3)c(C(N)=O)nn4CC(=O)O)cn2n1.Cc1cccc(CC(=O)[C@@H]2C[C@@H](F)CN2)n1.Cc1cccc(CC(=O)[C@@H]2C[C@@H](F)CN2C(=O)Cn2nc(C(N)=O)c3sc(-c4ccc5cc(C)nn5c4)nc32)n1.S. The molecule has 24 nitrogen and oxygen atoms in total. The van der Waals surface area contributed by atoms with Gasteiger partial charge in [0.25, 0.3) is 11.8 Å². The fraction of sp³-hybridized carbons (Fsp3) is 0.302. The summed E-state index contributed by atoms with van der Waals surface area (Å²) in [5.74, 6) is -3.34. The lowest BCUT2D eigenvalue weighted by Crippen LogP contribution is -2.43. The Balaban J connectivity index is 0.000000164. The number of aromatic nitrogens is 13. The van der Waals surface area contributed by atoms with Crippen molar-refractivity contribution in [2.75, 3.05) is 13.1 Å². The second-order valence-corrected chi connectivity index (χ2v) is 21.5. The van der Waals surface area contributed by atoms with Crippen LogP contribution in [0.25, 0.3) is 53.0 Å². The van der Waals surface area contributed by atoms with Crippen LogP contribution in [0.3, 0.4) is 0 Å². The maximum absolute atomic E-state index is 14.5. The number of rotatable bonds is 14. The van der Waals surface area contributed by atoms with Crippen molar-refractivity contribution < 1.29 is 42.7 Å². The summed E-state index contributed by atoms with van der Waals surface area (Å²) >= 11 is 2.43. The number of nitrogens with two attached hydrogens (primary N) is 2. The number of hydrogen-bond acceptors (Lipinski definition) is 18. The van der Waals surface area contributed by atoms with E-state index in [4.69, 9.17) is 16.6 Å². The number of carboxylic acids is 1. The van der Waals surface area contributed by atoms with Crippen molar-refractivity contribution in [3.05, 3.63) is 125 Å². The molecule has 12 rings (SSSR count). The zero-order valence-electron chi connectivity index (χ0n) is 44.4. The molecule has 10 aromatic heterocycles. The number of fused-ring (bicyclic) bond motifs is 4. The van der Waals surface area contributed by atoms with E-state index in [9.17, 15) is 37.5 Å². The van der Waals surface area contributed by atoms with Gasteiger partial charge in [0.15, 0.2) is 39.9 Å². The lowest BCUT2D eigenvalue weighted by Gasteiger charge is -2.23. The molecular weight excluding hydrogens is 1120 g/mol. The molecule has 82 heavy (non-hydrogen) atoms. The molecule has 2 fully saturated rings. The number of halogens is 2. The van der Waals surface area contributed by atoms with E-state index in [0.717, 1.165) is 44.2 Å². The molecule has 0 aliphatic carbocycles. The lowest BCUT2D eigenvalue weighted by atomic mass is 10.0. The number of carbonyl (C=O) groups excluding carboxylic acids is 5. The van der Waals surface area contributed by atoms with Crippen molar-refractivity contribution in [3.63, 3.8) is 0 Å². The number of aryl methyl sites for hydroxylation is 4. The number of primary amides is 2. The Hall–Kier alpha value is -8.80. The maximum atomic E-state index is 14.5. The highest BCUT2D eigenvalue weighted by molar-refractivity contribution is 7.59. The monoisotopic (exact) mass is 1170 g/mol. The summed E-state index contributed by atoms with van der Waals surface area (Å²) in [7, 11) is 0. The van der Waals surface area contributed by atoms with Crippen molar-refractivity contribution in [3.8, 4) is 21.1 Å². The minimum atomic E-state index is -1.33. The van der Waals surface area contributed by atoms with Crippen LogP contribution in [0.2, 0.25) is 0 Å². The summed E-state index contributed by atoms with van der Waals surface area (Å²) < 4.78 is 34.1. The van der Waals surface area contributed by atoms with Gasteiger partial charge in [-0.25, -0.2) is 42.1 Å². The van der Waals surface area contributed by atoms with Crippen LogP contribution in [-0.2, 0) is 45.1 Å². The first-order valence-electron chi connectivity index (χ1n) is 25.3. The first-order valence-corrected chi connectivity index (χ1v) is 26.9. The quantitative estimate of drug-likeness (QED) is 0.115. The molecule has 10 aromatic rings. The highest BCUT2D eigenvalue weighted by Crippen LogP contribution is 2.34. The third kappa shape index (κ3) is 12.7. The first-order chi connectivity index (χ1) is 38.7. The van der Waals surface area contributed by atoms with Crippen LogP contribution in [0.4, 0.5) is 8.78 Å². The fourth-order valence-electron chi connectivity index (χ4n) is 9.49. The molecule has 424 valence electrons. The van der Waals surface area contributed by atoms with Gasteiger partial charge in [-0.3, -0.25) is 38.7 Å². The number of alkyl halides is 2. The van der Waals surface area contributed by atoms with Gasteiger partial charge in [-0.05, 0) is 70.2 Å². The number of amides is 3. The normalized spacial score (nSPS) is 16.7. The van der Waals surface area contributed by atoms with Gasteiger partial charge in [-0.2, -0.15) is 33.9 Å². The molecule has 2 aliphatic rings. The van der Waals surface area contributed by atoms with Crippen LogP contribution >= 0.6 is 36.2 Å². The van der Waals surface area contributed by atoms with Crippen LogP contribution in [0.15, 0.2) is 79.3 Å². The predicted molar refractivity (Wildman–Crippen MR) is 303 cm³/mol. The van der Waals surface area contributed by atoms with E-state index in [1.807, 2.05) is 82.4 Å². The number of ketones is 2. The van der Waals surface area contributed by atoms with Crippen molar-refractivity contribution in [2.24, 2.45) is 11.5 Å². The second-order valence-electron chi connectivity index (χ2n) is 19.5. The van der Waals surface area contributed by atoms with Gasteiger partial charge in [0.2, 0.25) is 5.91 Å². The standard InChI is InChI=1S/C27H25FN8O3S.C14H11N7O3S.C12H15FN2O.H2S/c1-14-4-3-5-18(30-14)10-21(37)20-9-17(28)12-34(20)22(38)13-36-26-24(23(33-36)25(29)39)40-27(31-26)16-6-7-19-8-15(2)32-35(19)11-16;1-6-2-8-16-3-7(4-20(8)18-6)14-17-13-11(25-14)10(12(15)24)19-21(13)5-9(22)23;1-8-3-2-4-10(15-8)6-12(16)11-5-9(13)7-14-11;/h3-8,11,17,20H,9-10,12-13H2,1-2H3,(H2,29,39);2-4H,5H2,1H3,(H2,15,24)(H,22,23);2-4,9,11,14H,5-7H2,1H3;1H2/t17-,20+;;9-,11+;/m1.1./s1. The minimum absolute atomic E-state index is 0. The zero-order valence-corrected chi connectivity index (χ0v) is 47.0. The molecule has 0 unspecified atom stereocenters. The Morgan fingerprint density at radius 2 is 1.24 bits per heavy atom. The summed E-state index contributed by atoms with van der Waals surface area (Å²) in [4.78, 5) is 96.3. The number of Topliss-reactive ketones (excluding diaryl/α,β-unsaturated/α-hetero) is 2. The average molecular weight is 1170 g/mol. The number of nitrogens with one attached hydrogen (secondary N) is 1. The molecule has 0 aromatic carbocycles. The van der Waals surface area contributed by atoms with E-state index >= 15 is 0 Å². The third-order valence-corrected chi connectivity index (χ3v) is 15.3. The number of thiazole rings is 2. The number of carbonyl (C=O) groups is 6. The van der Waals surface area contributed by atoms with Gasteiger partial charge >= 0.3 is 5.97 Å². The minimum Gasteiger partial charge on any atom is -0.480 e. The number of nitrogens with zero attached hydrogens (tertiary/aromatic N) is 14. The fourth-order valence-corrected chi connectivity index (χ4v) is 11.6. The molecule has 4 atom stereocenters. The molecule has 0 saturated carbocycles. The number of aliphatic carboxylic acids is 1. The van der Waals surface area contributed by atoms with Crippen LogP contribution in [0.5, 0.6) is 0 Å². The molecule has 6 N–H and O–H groups in total. The lowest BCUT2D eigenvalue weighted by molar-refractivity contribution is -0.138. The highest BCUT2D eigenvalue weighted by Gasteiger charge is 2.40. The van der Waals surface area contributed by atoms with Crippen molar-refractivity contribution in [1.29, 1.82) is 0 Å². The van der Waals surface area contributed by atoms with E-state index < -0.39 is 48.6 Å². The summed E-state index contributed by atoms with van der Waals surface area (Å²) in [6, 6.07) is 17.3. The summed E-state index contributed by atoms with van der Waals surface area (Å²) in [5, 5.41) is 30.0. The van der Waals surface area contributed by atoms with Gasteiger partial charge in [0.05, 0.1) is 48.4 Å². The van der Waals surface area contributed by atoms with Gasteiger partial charge in [0, 0.05) is 77.9 Å². The largest absolute Gasteiger partial charge is 0.480 e. The Kier molecular flexibility index (Phi) is 17.0. The Labute approximate surface area is 479 Å². The number of pyridine rings is 3. The smallest absolute Gasteiger partial charge is 0.325 e. The van der Waals surface area contributed by atoms with E-state index in [1.54, 1.807) is 33.6 Å². The van der Waals surface area contributed by atoms with Gasteiger partial charge in [-0.1, -0.05) is 12.1 Å². The molecule has 0 bridgehead atoms. The van der Waals surface area contributed by atoms with E-state index in [0.29, 0.717) is 54.0 Å². The molecule has 2 saturated heterocycles. The van der Waals surface area contributed by atoms with E-state index in [2.05, 4.69) is 50.6 Å². The third-order valence-electron chi connectivity index (χ3n) is 13.1.